The summed E-state index contributed by atoms with van der Waals surface area (Å²) in [5, 5.41) is 2.30. The number of rotatable bonds is 25. The minimum absolute atomic E-state index is 0. The quantitative estimate of drug-likeness (QED) is 0.166. The van der Waals surface area contributed by atoms with E-state index < -0.39 is 0 Å². The fourth-order valence-corrected chi connectivity index (χ4v) is 4.31. The maximum absolute atomic E-state index is 2.30. The van der Waals surface area contributed by atoms with Crippen molar-refractivity contribution in [2.24, 2.45) is 0 Å². The lowest BCUT2D eigenvalue weighted by Gasteiger charge is -2.04. The molecule has 0 heterocycles. The molecule has 0 radical (unpaired) electrons. The zero-order valence-electron chi connectivity index (χ0n) is 20.6. The van der Waals surface area contributed by atoms with Crippen molar-refractivity contribution in [3.63, 3.8) is 0 Å². The van der Waals surface area contributed by atoms with Crippen molar-refractivity contribution in [1.29, 1.82) is 0 Å². The number of quaternary nitrogens is 1. The summed E-state index contributed by atoms with van der Waals surface area (Å²) in [5.74, 6) is 0. The normalized spacial score (nSPS) is 11.0. The summed E-state index contributed by atoms with van der Waals surface area (Å²) in [4.78, 5) is 0. The predicted octanol–water partition coefficient (Wildman–Crippen LogP) is 5.57. The number of hydrogen-bond acceptors (Lipinski definition) is 0. The second-order valence-electron chi connectivity index (χ2n) is 9.33. The van der Waals surface area contributed by atoms with Gasteiger partial charge in [-0.3, -0.25) is 0 Å². The fourth-order valence-electron chi connectivity index (χ4n) is 4.31. The van der Waals surface area contributed by atoms with E-state index in [1.165, 1.54) is 161 Å². The largest absolute Gasteiger partial charge is 1.00 e. The molecule has 178 valence electrons. The van der Waals surface area contributed by atoms with Crippen LogP contribution in [0.3, 0.4) is 0 Å². The van der Waals surface area contributed by atoms with Gasteiger partial charge in [-0.2, -0.15) is 0 Å². The second-order valence-corrected chi connectivity index (χ2v) is 9.33. The summed E-state index contributed by atoms with van der Waals surface area (Å²) < 4.78 is 0. The summed E-state index contributed by atoms with van der Waals surface area (Å²) >= 11 is 0. The average Bonchev–Trinajstić information content (AvgIpc) is 2.71. The third-order valence-electron chi connectivity index (χ3n) is 6.35. The molecule has 0 aliphatic heterocycles. The van der Waals surface area contributed by atoms with Gasteiger partial charge in [0.05, 0.1) is 13.6 Å². The van der Waals surface area contributed by atoms with Gasteiger partial charge in [-0.05, 0) is 12.8 Å². The summed E-state index contributed by atoms with van der Waals surface area (Å²) in [6.07, 6.45) is 35.4. The molecule has 0 aliphatic carbocycles. The van der Waals surface area contributed by atoms with Crippen LogP contribution < -0.4 is 22.3 Å². The molecule has 0 aliphatic rings. The minimum Gasteiger partial charge on any atom is -1.00 e. The van der Waals surface area contributed by atoms with E-state index in [-0.39, 0.29) is 17.0 Å². The molecule has 0 rings (SSSR count). The maximum Gasteiger partial charge on any atom is 0.0753 e. The van der Waals surface area contributed by atoms with Crippen LogP contribution in [0.1, 0.15) is 161 Å². The van der Waals surface area contributed by atoms with E-state index in [1.54, 1.807) is 0 Å². The molecule has 1 nitrogen and oxygen atoms in total. The smallest absolute Gasteiger partial charge is 0.0753 e. The third kappa shape index (κ3) is 30.7. The van der Waals surface area contributed by atoms with Crippen LogP contribution in [0.5, 0.6) is 0 Å². The van der Waals surface area contributed by atoms with Crippen LogP contribution in [0.15, 0.2) is 0 Å². The first-order chi connectivity index (χ1) is 13.9. The highest BCUT2D eigenvalue weighted by Gasteiger charge is 1.96. The zero-order chi connectivity index (χ0) is 20.4. The first kappa shape index (κ1) is 31.6. The van der Waals surface area contributed by atoms with Crippen LogP contribution in [0, 0.1) is 0 Å². The average molecular weight is 477 g/mol. The number of nitrogens with two attached hydrogens (primary N) is 1. The standard InChI is InChI=1S/C27H57N.BrH/c1-3-4-5-6-7-8-9-10-11-12-13-14-15-16-17-18-19-20-21-22-23-24-25-26-27-28-2;/h28H,3-27H2,1-2H3;1H. The van der Waals surface area contributed by atoms with Gasteiger partial charge in [0.15, 0.2) is 0 Å². The Kier molecular flexibility index (Phi) is 33.4. The van der Waals surface area contributed by atoms with Crippen molar-refractivity contribution >= 4 is 0 Å². The Morgan fingerprint density at radius 3 is 0.759 bits per heavy atom. The monoisotopic (exact) mass is 475 g/mol. The summed E-state index contributed by atoms with van der Waals surface area (Å²) in [7, 11) is 2.18. The van der Waals surface area contributed by atoms with E-state index in [0.717, 1.165) is 0 Å². The lowest BCUT2D eigenvalue weighted by Crippen LogP contribution is -3.00. The summed E-state index contributed by atoms with van der Waals surface area (Å²) in [6.45, 7) is 3.62. The Morgan fingerprint density at radius 2 is 0.552 bits per heavy atom. The van der Waals surface area contributed by atoms with Crippen molar-refractivity contribution in [2.75, 3.05) is 13.6 Å². The van der Waals surface area contributed by atoms with Crippen LogP contribution in [0.4, 0.5) is 0 Å². The van der Waals surface area contributed by atoms with E-state index in [2.05, 4.69) is 19.3 Å². The first-order valence-electron chi connectivity index (χ1n) is 13.7. The Balaban J connectivity index is 0. The molecule has 0 fully saturated rings. The number of hydrogen-bond donors (Lipinski definition) is 1. The van der Waals surface area contributed by atoms with E-state index >= 15 is 0 Å². The Morgan fingerprint density at radius 1 is 0.345 bits per heavy atom. The van der Waals surface area contributed by atoms with Crippen molar-refractivity contribution < 1.29 is 22.3 Å². The Hall–Kier alpha value is 0.440. The highest BCUT2D eigenvalue weighted by atomic mass is 79.9. The van der Waals surface area contributed by atoms with Gasteiger partial charge in [-0.25, -0.2) is 0 Å². The number of unbranched alkanes of at least 4 members (excludes halogenated alkanes) is 23. The van der Waals surface area contributed by atoms with Gasteiger partial charge in [0, 0.05) is 0 Å². The molecule has 0 amide bonds. The molecule has 0 bridgehead atoms. The molecular formula is C27H58BrN. The van der Waals surface area contributed by atoms with Crippen molar-refractivity contribution in [1.82, 2.24) is 0 Å². The van der Waals surface area contributed by atoms with Crippen LogP contribution in [-0.2, 0) is 0 Å². The predicted molar refractivity (Wildman–Crippen MR) is 129 cm³/mol. The van der Waals surface area contributed by atoms with Crippen LogP contribution in [-0.4, -0.2) is 13.6 Å². The lowest BCUT2D eigenvalue weighted by molar-refractivity contribution is -0.627. The molecule has 2 N–H and O–H groups in total. The van der Waals surface area contributed by atoms with Crippen molar-refractivity contribution in [3.05, 3.63) is 0 Å². The molecular weight excluding hydrogens is 418 g/mol. The molecule has 0 aromatic heterocycles. The highest BCUT2D eigenvalue weighted by Crippen LogP contribution is 2.15. The highest BCUT2D eigenvalue weighted by molar-refractivity contribution is 4.51. The molecule has 0 unspecified atom stereocenters. The lowest BCUT2D eigenvalue weighted by atomic mass is 10.0. The van der Waals surface area contributed by atoms with E-state index in [9.17, 15) is 0 Å². The fraction of sp³-hybridized carbons (Fsp3) is 1.00. The minimum atomic E-state index is 0. The van der Waals surface area contributed by atoms with Crippen molar-refractivity contribution in [3.8, 4) is 0 Å². The summed E-state index contributed by atoms with van der Waals surface area (Å²) in [5.41, 5.74) is 0. The van der Waals surface area contributed by atoms with Gasteiger partial charge in [0.25, 0.3) is 0 Å². The molecule has 0 spiro atoms. The van der Waals surface area contributed by atoms with E-state index in [0.29, 0.717) is 0 Å². The van der Waals surface area contributed by atoms with E-state index in [4.69, 9.17) is 0 Å². The van der Waals surface area contributed by atoms with Gasteiger partial charge in [0.2, 0.25) is 0 Å². The maximum atomic E-state index is 2.30. The zero-order valence-corrected chi connectivity index (χ0v) is 22.2. The van der Waals surface area contributed by atoms with Crippen LogP contribution in [0.2, 0.25) is 0 Å². The van der Waals surface area contributed by atoms with Crippen LogP contribution >= 0.6 is 0 Å². The second kappa shape index (κ2) is 30.6. The molecule has 0 aromatic rings. The van der Waals surface area contributed by atoms with Gasteiger partial charge in [-0.1, -0.05) is 148 Å². The van der Waals surface area contributed by atoms with Crippen molar-refractivity contribution in [2.45, 2.75) is 161 Å². The van der Waals surface area contributed by atoms with Gasteiger partial charge < -0.3 is 22.3 Å². The molecule has 29 heavy (non-hydrogen) atoms. The summed E-state index contributed by atoms with van der Waals surface area (Å²) in [6, 6.07) is 0. The van der Waals surface area contributed by atoms with Gasteiger partial charge in [-0.15, -0.1) is 0 Å². The van der Waals surface area contributed by atoms with Crippen LogP contribution in [0.25, 0.3) is 0 Å². The van der Waals surface area contributed by atoms with E-state index in [1.807, 2.05) is 0 Å². The molecule has 0 atom stereocenters. The Bertz CT molecular complexity index is 231. The molecule has 0 saturated carbocycles. The first-order valence-corrected chi connectivity index (χ1v) is 13.7. The molecule has 2 heteroatoms. The van der Waals surface area contributed by atoms with Gasteiger partial charge >= 0.3 is 0 Å². The molecule has 0 aromatic carbocycles. The SMILES string of the molecule is CCCCCCCCCCCCCCCCCCCCCCCCCC[NH2+]C.[Br-]. The van der Waals surface area contributed by atoms with Gasteiger partial charge in [0.1, 0.15) is 0 Å². The third-order valence-corrected chi connectivity index (χ3v) is 6.35. The Labute approximate surface area is 196 Å². The topological polar surface area (TPSA) is 16.6 Å². The molecule has 0 saturated heterocycles. The number of halogens is 1.